The number of carbonyl (C=O) groups excluding carboxylic acids is 1. The van der Waals surface area contributed by atoms with Crippen molar-refractivity contribution in [3.05, 3.63) is 99.8 Å². The van der Waals surface area contributed by atoms with Gasteiger partial charge in [0, 0.05) is 0 Å². The molecule has 0 saturated carbocycles. The number of ether oxygens (including phenoxy) is 1. The average Bonchev–Trinajstić information content (AvgIpc) is 3.36. The Morgan fingerprint density at radius 1 is 1.00 bits per heavy atom. The Labute approximate surface area is 178 Å². The van der Waals surface area contributed by atoms with Crippen molar-refractivity contribution in [2.45, 2.75) is 32.5 Å². The zero-order chi connectivity index (χ0) is 21.5. The monoisotopic (exact) mass is 415 g/mol. The highest BCUT2D eigenvalue weighted by Gasteiger charge is 2.43. The third-order valence-corrected chi connectivity index (χ3v) is 5.35. The molecule has 0 aliphatic carbocycles. The third-order valence-electron chi connectivity index (χ3n) is 5.35. The SMILES string of the molecule is CC(C)Oc1ccc(C2c3c(oc4ccccc4c3=O)C(=O)N2Cc2ccco2)cc1. The molecule has 6 heteroatoms. The van der Waals surface area contributed by atoms with E-state index in [2.05, 4.69) is 0 Å². The van der Waals surface area contributed by atoms with Gasteiger partial charge in [-0.15, -0.1) is 0 Å². The molecule has 31 heavy (non-hydrogen) atoms. The molecule has 1 aliphatic heterocycles. The molecule has 1 amide bonds. The Bertz CT molecular complexity index is 1300. The second kappa shape index (κ2) is 7.47. The van der Waals surface area contributed by atoms with Crippen LogP contribution in [0.2, 0.25) is 0 Å². The summed E-state index contributed by atoms with van der Waals surface area (Å²) in [5.41, 5.74) is 1.36. The molecule has 0 radical (unpaired) electrons. The van der Waals surface area contributed by atoms with Crippen LogP contribution in [0.25, 0.3) is 11.0 Å². The molecule has 2 aromatic carbocycles. The van der Waals surface area contributed by atoms with Gasteiger partial charge in [-0.2, -0.15) is 0 Å². The van der Waals surface area contributed by atoms with Crippen molar-refractivity contribution in [1.29, 1.82) is 0 Å². The number of furan rings is 1. The van der Waals surface area contributed by atoms with Crippen LogP contribution in [-0.2, 0) is 6.54 Å². The standard InChI is InChI=1S/C25H21NO5/c1-15(2)30-17-11-9-16(10-12-17)22-21-23(27)19-7-3-4-8-20(19)31-24(21)25(28)26(22)14-18-6-5-13-29-18/h3-13,15,22H,14H2,1-2H3. The Balaban J connectivity index is 1.66. The van der Waals surface area contributed by atoms with Gasteiger partial charge in [-0.05, 0) is 55.8 Å². The van der Waals surface area contributed by atoms with E-state index in [1.165, 1.54) is 0 Å². The van der Waals surface area contributed by atoms with E-state index in [1.54, 1.807) is 47.6 Å². The van der Waals surface area contributed by atoms with E-state index in [-0.39, 0.29) is 29.7 Å². The number of carbonyl (C=O) groups is 1. The molecule has 0 N–H and O–H groups in total. The van der Waals surface area contributed by atoms with Crippen LogP contribution in [0.3, 0.4) is 0 Å². The highest BCUT2D eigenvalue weighted by atomic mass is 16.5. The van der Waals surface area contributed by atoms with Gasteiger partial charge < -0.3 is 18.5 Å². The van der Waals surface area contributed by atoms with Crippen LogP contribution >= 0.6 is 0 Å². The molecule has 2 aromatic heterocycles. The van der Waals surface area contributed by atoms with Gasteiger partial charge in [0.05, 0.1) is 35.9 Å². The summed E-state index contributed by atoms with van der Waals surface area (Å²) in [6.45, 7) is 4.14. The first-order chi connectivity index (χ1) is 15.0. The molecule has 4 aromatic rings. The fourth-order valence-electron chi connectivity index (χ4n) is 4.05. The van der Waals surface area contributed by atoms with Crippen LogP contribution in [0.15, 0.2) is 80.6 Å². The van der Waals surface area contributed by atoms with Crippen molar-refractivity contribution < 1.29 is 18.4 Å². The summed E-state index contributed by atoms with van der Waals surface area (Å²) in [6, 6.07) is 17.5. The van der Waals surface area contributed by atoms with Gasteiger partial charge in [0.15, 0.2) is 5.43 Å². The van der Waals surface area contributed by atoms with Gasteiger partial charge in [-0.25, -0.2) is 0 Å². The van der Waals surface area contributed by atoms with E-state index in [9.17, 15) is 9.59 Å². The number of hydrogen-bond donors (Lipinski definition) is 0. The second-order valence-corrected chi connectivity index (χ2v) is 7.82. The van der Waals surface area contributed by atoms with Crippen molar-refractivity contribution in [3.8, 4) is 5.75 Å². The first kappa shape index (κ1) is 19.2. The molecule has 156 valence electrons. The highest BCUT2D eigenvalue weighted by molar-refractivity contribution is 5.99. The number of rotatable bonds is 5. The van der Waals surface area contributed by atoms with Crippen LogP contribution in [0.5, 0.6) is 5.75 Å². The number of amides is 1. The minimum atomic E-state index is -0.582. The molecule has 0 fully saturated rings. The van der Waals surface area contributed by atoms with Crippen molar-refractivity contribution in [2.24, 2.45) is 0 Å². The van der Waals surface area contributed by atoms with Gasteiger partial charge in [0.1, 0.15) is 17.1 Å². The second-order valence-electron chi connectivity index (χ2n) is 7.82. The Morgan fingerprint density at radius 3 is 2.48 bits per heavy atom. The normalized spacial score (nSPS) is 15.6. The average molecular weight is 415 g/mol. The number of para-hydroxylation sites is 1. The van der Waals surface area contributed by atoms with Crippen LogP contribution in [-0.4, -0.2) is 16.9 Å². The van der Waals surface area contributed by atoms with Crippen LogP contribution in [0.4, 0.5) is 0 Å². The highest BCUT2D eigenvalue weighted by Crippen LogP contribution is 2.39. The van der Waals surface area contributed by atoms with Crippen molar-refractivity contribution in [2.75, 3.05) is 0 Å². The smallest absolute Gasteiger partial charge is 0.291 e. The maximum atomic E-state index is 13.4. The first-order valence-corrected chi connectivity index (χ1v) is 10.2. The van der Waals surface area contributed by atoms with Gasteiger partial charge in [-0.3, -0.25) is 9.59 Å². The van der Waals surface area contributed by atoms with Gasteiger partial charge in [0.25, 0.3) is 5.91 Å². The van der Waals surface area contributed by atoms with Crippen LogP contribution in [0.1, 0.15) is 47.3 Å². The zero-order valence-corrected chi connectivity index (χ0v) is 17.2. The third kappa shape index (κ3) is 3.30. The predicted octanol–water partition coefficient (Wildman–Crippen LogP) is 4.92. The summed E-state index contributed by atoms with van der Waals surface area (Å²) in [7, 11) is 0. The zero-order valence-electron chi connectivity index (χ0n) is 17.2. The molecule has 0 spiro atoms. The minimum Gasteiger partial charge on any atom is -0.491 e. The van der Waals surface area contributed by atoms with Crippen molar-refractivity contribution >= 4 is 16.9 Å². The molecule has 3 heterocycles. The molecule has 5 rings (SSSR count). The van der Waals surface area contributed by atoms with Gasteiger partial charge in [0.2, 0.25) is 5.76 Å². The molecule has 0 bridgehead atoms. The van der Waals surface area contributed by atoms with E-state index >= 15 is 0 Å². The van der Waals surface area contributed by atoms with Crippen molar-refractivity contribution in [3.63, 3.8) is 0 Å². The van der Waals surface area contributed by atoms with E-state index < -0.39 is 6.04 Å². The Kier molecular flexibility index (Phi) is 4.62. The number of hydrogen-bond acceptors (Lipinski definition) is 5. The van der Waals surface area contributed by atoms with Crippen LogP contribution in [0, 0.1) is 0 Å². The lowest BCUT2D eigenvalue weighted by Crippen LogP contribution is -2.29. The summed E-state index contributed by atoms with van der Waals surface area (Å²) < 4.78 is 17.1. The number of benzene rings is 2. The number of nitrogens with zero attached hydrogens (tertiary/aromatic N) is 1. The van der Waals surface area contributed by atoms with Crippen LogP contribution < -0.4 is 10.2 Å². The maximum Gasteiger partial charge on any atom is 0.291 e. The minimum absolute atomic E-state index is 0.0495. The largest absolute Gasteiger partial charge is 0.491 e. The fourth-order valence-corrected chi connectivity index (χ4v) is 4.05. The van der Waals surface area contributed by atoms with E-state index in [4.69, 9.17) is 13.6 Å². The molecule has 6 nitrogen and oxygen atoms in total. The lowest BCUT2D eigenvalue weighted by Gasteiger charge is -2.24. The summed E-state index contributed by atoms with van der Waals surface area (Å²) in [5.74, 6) is 1.11. The summed E-state index contributed by atoms with van der Waals surface area (Å²) >= 11 is 0. The molecule has 1 atom stereocenters. The van der Waals surface area contributed by atoms with E-state index in [0.29, 0.717) is 22.3 Å². The fraction of sp³-hybridized carbons (Fsp3) is 0.200. The van der Waals surface area contributed by atoms with Gasteiger partial charge in [-0.1, -0.05) is 24.3 Å². The van der Waals surface area contributed by atoms with E-state index in [1.807, 2.05) is 38.1 Å². The first-order valence-electron chi connectivity index (χ1n) is 10.2. The molecular formula is C25H21NO5. The summed E-state index contributed by atoms with van der Waals surface area (Å²) in [5, 5.41) is 0.457. The molecule has 1 aliphatic rings. The maximum absolute atomic E-state index is 13.4. The Morgan fingerprint density at radius 2 is 1.77 bits per heavy atom. The lowest BCUT2D eigenvalue weighted by atomic mass is 9.98. The quantitative estimate of drug-likeness (QED) is 0.463. The topological polar surface area (TPSA) is 72.9 Å². The molecule has 0 saturated heterocycles. The van der Waals surface area contributed by atoms with Crippen molar-refractivity contribution in [1.82, 2.24) is 4.90 Å². The predicted molar refractivity (Wildman–Crippen MR) is 115 cm³/mol. The molecular weight excluding hydrogens is 394 g/mol. The number of fused-ring (bicyclic) bond motifs is 2. The lowest BCUT2D eigenvalue weighted by molar-refractivity contribution is 0.0701. The summed E-state index contributed by atoms with van der Waals surface area (Å²) in [6.07, 6.45) is 1.61. The summed E-state index contributed by atoms with van der Waals surface area (Å²) in [4.78, 5) is 28.4. The molecule has 1 unspecified atom stereocenters. The van der Waals surface area contributed by atoms with E-state index in [0.717, 1.165) is 11.3 Å². The van der Waals surface area contributed by atoms with Gasteiger partial charge >= 0.3 is 0 Å². The Hall–Kier alpha value is -3.80.